The van der Waals surface area contributed by atoms with Crippen molar-refractivity contribution in [2.24, 2.45) is 0 Å². The molecule has 0 saturated carbocycles. The van der Waals surface area contributed by atoms with Gasteiger partial charge in [0.05, 0.1) is 10.5 Å². The first-order chi connectivity index (χ1) is 15.2. The van der Waals surface area contributed by atoms with Crippen molar-refractivity contribution in [3.8, 4) is 0 Å². The third-order valence-electron chi connectivity index (χ3n) is 5.66. The summed E-state index contributed by atoms with van der Waals surface area (Å²) in [6.07, 6.45) is 3.31. The molecule has 1 aliphatic rings. The normalized spacial score (nSPS) is 14.8. The maximum atomic E-state index is 13.2. The fourth-order valence-electron chi connectivity index (χ4n) is 3.88. The van der Waals surface area contributed by atoms with Gasteiger partial charge in [0.2, 0.25) is 10.0 Å². The lowest BCUT2D eigenvalue weighted by Gasteiger charge is -2.30. The summed E-state index contributed by atoms with van der Waals surface area (Å²) >= 11 is 0. The van der Waals surface area contributed by atoms with Crippen LogP contribution in [0.3, 0.4) is 0 Å². The van der Waals surface area contributed by atoms with E-state index in [0.717, 1.165) is 43.7 Å². The van der Waals surface area contributed by atoms with E-state index < -0.39 is 10.0 Å². The summed E-state index contributed by atoms with van der Waals surface area (Å²) in [7, 11) is 3.41. The van der Waals surface area contributed by atoms with E-state index in [1.807, 2.05) is 26.2 Å². The molecule has 1 heterocycles. The van der Waals surface area contributed by atoms with E-state index in [0.29, 0.717) is 12.1 Å². The van der Waals surface area contributed by atoms with Crippen molar-refractivity contribution in [2.45, 2.75) is 37.2 Å². The molecule has 0 aliphatic carbocycles. The minimum Gasteiger partial charge on any atom is -0.371 e. The number of carbonyl (C=O) groups excluding carboxylic acids is 1. The van der Waals surface area contributed by atoms with E-state index >= 15 is 0 Å². The fourth-order valence-corrected chi connectivity index (χ4v) is 4.81. The van der Waals surface area contributed by atoms with Crippen molar-refractivity contribution in [1.29, 1.82) is 0 Å². The number of rotatable bonds is 8. The van der Waals surface area contributed by atoms with E-state index in [-0.39, 0.29) is 10.8 Å². The minimum absolute atomic E-state index is 0.126. The van der Waals surface area contributed by atoms with Crippen molar-refractivity contribution in [3.63, 3.8) is 0 Å². The number of sulfonamides is 1. The second-order valence-electron chi connectivity index (χ2n) is 8.75. The number of hydrogen-bond acceptors (Lipinski definition) is 5. The number of carbonyl (C=O) groups is 1. The largest absolute Gasteiger partial charge is 0.371 e. The van der Waals surface area contributed by atoms with Crippen molar-refractivity contribution in [3.05, 3.63) is 59.2 Å². The van der Waals surface area contributed by atoms with E-state index in [1.165, 1.54) is 36.5 Å². The van der Waals surface area contributed by atoms with E-state index in [4.69, 9.17) is 0 Å². The van der Waals surface area contributed by atoms with Gasteiger partial charge in [-0.3, -0.25) is 4.79 Å². The number of nitrogens with one attached hydrogen (secondary N) is 1. The molecule has 0 atom stereocenters. The smallest absolute Gasteiger partial charge is 0.253 e. The molecule has 1 fully saturated rings. The molecule has 0 bridgehead atoms. The van der Waals surface area contributed by atoms with Crippen LogP contribution < -0.4 is 10.2 Å². The molecule has 0 spiro atoms. The van der Waals surface area contributed by atoms with E-state index in [9.17, 15) is 13.2 Å². The average molecular weight is 459 g/mol. The highest BCUT2D eigenvalue weighted by molar-refractivity contribution is 7.89. The van der Waals surface area contributed by atoms with Crippen LogP contribution in [0.5, 0.6) is 0 Å². The van der Waals surface area contributed by atoms with Gasteiger partial charge in [-0.1, -0.05) is 24.3 Å². The molecule has 8 heteroatoms. The van der Waals surface area contributed by atoms with Gasteiger partial charge in [-0.25, -0.2) is 12.7 Å². The predicted molar refractivity (Wildman–Crippen MR) is 128 cm³/mol. The summed E-state index contributed by atoms with van der Waals surface area (Å²) in [6.45, 7) is 2.98. The van der Waals surface area contributed by atoms with Crippen molar-refractivity contribution in [2.75, 3.05) is 46.2 Å². The second kappa shape index (κ2) is 10.5. The molecule has 7 nitrogen and oxygen atoms in total. The summed E-state index contributed by atoms with van der Waals surface area (Å²) in [4.78, 5) is 17.6. The quantitative estimate of drug-likeness (QED) is 0.659. The number of anilines is 1. The summed E-state index contributed by atoms with van der Waals surface area (Å²) in [6, 6.07) is 13.0. The first-order valence-corrected chi connectivity index (χ1v) is 12.4. The third kappa shape index (κ3) is 5.88. The van der Waals surface area contributed by atoms with Gasteiger partial charge in [0.25, 0.3) is 5.91 Å². The standard InChI is InChI=1S/C24H34N4O3S/c1-26(2)18-20-10-8-19(9-11-20)17-25-24(29)22-16-21(32(30,31)27(3)4)12-13-23(22)28-14-6-5-7-15-28/h8-13,16H,5-7,14-15,17-18H2,1-4H3,(H,25,29). The van der Waals surface area contributed by atoms with Crippen molar-refractivity contribution in [1.82, 2.24) is 14.5 Å². The molecule has 1 amide bonds. The first-order valence-electron chi connectivity index (χ1n) is 11.0. The lowest BCUT2D eigenvalue weighted by molar-refractivity contribution is 0.0951. The molecule has 174 valence electrons. The van der Waals surface area contributed by atoms with Gasteiger partial charge in [0, 0.05) is 46.0 Å². The monoisotopic (exact) mass is 458 g/mol. The van der Waals surface area contributed by atoms with Gasteiger partial charge in [-0.15, -0.1) is 0 Å². The minimum atomic E-state index is -3.63. The molecular weight excluding hydrogens is 424 g/mol. The Balaban J connectivity index is 1.83. The van der Waals surface area contributed by atoms with Gasteiger partial charge in [0.15, 0.2) is 0 Å². The van der Waals surface area contributed by atoms with Crippen LogP contribution in [0.15, 0.2) is 47.4 Å². The van der Waals surface area contributed by atoms with Gasteiger partial charge in [0.1, 0.15) is 0 Å². The third-order valence-corrected chi connectivity index (χ3v) is 7.47. The highest BCUT2D eigenvalue weighted by atomic mass is 32.2. The molecule has 32 heavy (non-hydrogen) atoms. The highest BCUT2D eigenvalue weighted by Crippen LogP contribution is 2.28. The SMILES string of the molecule is CN(C)Cc1ccc(CNC(=O)c2cc(S(=O)(=O)N(C)C)ccc2N2CCCCC2)cc1. The van der Waals surface area contributed by atoms with Crippen molar-refractivity contribution >= 4 is 21.6 Å². The molecular formula is C24H34N4O3S. The summed E-state index contributed by atoms with van der Waals surface area (Å²) in [5.74, 6) is -0.265. The van der Waals surface area contributed by atoms with Crippen molar-refractivity contribution < 1.29 is 13.2 Å². The van der Waals surface area contributed by atoms with Crippen LogP contribution in [0.2, 0.25) is 0 Å². The molecule has 1 saturated heterocycles. The maximum Gasteiger partial charge on any atom is 0.253 e. The number of hydrogen-bond donors (Lipinski definition) is 1. The molecule has 0 radical (unpaired) electrons. The molecule has 1 N–H and O–H groups in total. The molecule has 2 aromatic rings. The molecule has 0 aromatic heterocycles. The van der Waals surface area contributed by atoms with E-state index in [1.54, 1.807) is 12.1 Å². The number of nitrogens with zero attached hydrogens (tertiary/aromatic N) is 3. The Morgan fingerprint density at radius 3 is 2.16 bits per heavy atom. The second-order valence-corrected chi connectivity index (χ2v) is 10.9. The average Bonchev–Trinajstić information content (AvgIpc) is 2.78. The number of amides is 1. The van der Waals surface area contributed by atoms with Gasteiger partial charge >= 0.3 is 0 Å². The molecule has 3 rings (SSSR count). The van der Waals surface area contributed by atoms with Crippen LogP contribution in [-0.2, 0) is 23.1 Å². The Kier molecular flexibility index (Phi) is 7.92. The summed E-state index contributed by atoms with van der Waals surface area (Å²) in [5, 5.41) is 2.98. The lowest BCUT2D eigenvalue weighted by Crippen LogP contribution is -2.33. The Labute approximate surface area is 192 Å². The molecule has 1 aliphatic heterocycles. The lowest BCUT2D eigenvalue weighted by atomic mass is 10.1. The Morgan fingerprint density at radius 2 is 1.56 bits per heavy atom. The van der Waals surface area contributed by atoms with Crippen LogP contribution in [-0.4, -0.2) is 64.8 Å². The Morgan fingerprint density at radius 1 is 0.938 bits per heavy atom. The highest BCUT2D eigenvalue weighted by Gasteiger charge is 2.24. The van der Waals surface area contributed by atoms with Crippen LogP contribution in [0.4, 0.5) is 5.69 Å². The number of piperidine rings is 1. The van der Waals surface area contributed by atoms with Crippen LogP contribution in [0.1, 0.15) is 40.7 Å². The maximum absolute atomic E-state index is 13.2. The van der Waals surface area contributed by atoms with Crippen LogP contribution in [0, 0.1) is 0 Å². The summed E-state index contributed by atoms with van der Waals surface area (Å²) in [5.41, 5.74) is 3.40. The molecule has 2 aromatic carbocycles. The van der Waals surface area contributed by atoms with Crippen LogP contribution >= 0.6 is 0 Å². The van der Waals surface area contributed by atoms with E-state index in [2.05, 4.69) is 27.2 Å². The zero-order valence-electron chi connectivity index (χ0n) is 19.5. The zero-order valence-corrected chi connectivity index (χ0v) is 20.3. The Bertz CT molecular complexity index is 1030. The fraction of sp³-hybridized carbons (Fsp3) is 0.458. The predicted octanol–water partition coefficient (Wildman–Crippen LogP) is 2.92. The zero-order chi connectivity index (χ0) is 23.3. The topological polar surface area (TPSA) is 73.0 Å². The van der Waals surface area contributed by atoms with Gasteiger partial charge < -0.3 is 15.1 Å². The molecule has 0 unspecified atom stereocenters. The van der Waals surface area contributed by atoms with Crippen LogP contribution in [0.25, 0.3) is 0 Å². The number of benzene rings is 2. The van der Waals surface area contributed by atoms with Gasteiger partial charge in [-0.2, -0.15) is 0 Å². The summed E-state index contributed by atoms with van der Waals surface area (Å²) < 4.78 is 26.5. The first kappa shape index (κ1) is 24.2. The van der Waals surface area contributed by atoms with Gasteiger partial charge in [-0.05, 0) is 62.7 Å². The Hall–Kier alpha value is -2.42.